The fourth-order valence-corrected chi connectivity index (χ4v) is 4.45. The quantitative estimate of drug-likeness (QED) is 0.851. The maximum atomic E-state index is 12.8. The predicted octanol–water partition coefficient (Wildman–Crippen LogP) is 1.82. The maximum absolute atomic E-state index is 12.8. The van der Waals surface area contributed by atoms with Gasteiger partial charge in [0.1, 0.15) is 17.0 Å². The minimum absolute atomic E-state index is 0.0695. The molecule has 23 heavy (non-hydrogen) atoms. The van der Waals surface area contributed by atoms with Crippen LogP contribution in [0.5, 0.6) is 0 Å². The van der Waals surface area contributed by atoms with Gasteiger partial charge in [-0.3, -0.25) is 4.98 Å². The predicted molar refractivity (Wildman–Crippen MR) is 85.4 cm³/mol. The molecule has 0 N–H and O–H groups in total. The Bertz CT molecular complexity index is 757. The molecule has 1 aliphatic heterocycles. The Morgan fingerprint density at radius 3 is 2.87 bits per heavy atom. The molecular formula is C15H21N5O2S. The summed E-state index contributed by atoms with van der Waals surface area (Å²) in [7, 11) is -3.51. The van der Waals surface area contributed by atoms with Gasteiger partial charge in [0, 0.05) is 37.4 Å². The lowest BCUT2D eigenvalue weighted by atomic mass is 9.98. The Balaban J connectivity index is 1.85. The van der Waals surface area contributed by atoms with Crippen LogP contribution in [-0.4, -0.2) is 45.6 Å². The standard InChI is InChI=1S/C15H21N5O2S/c1-12(2)20-11-17-18-15(20)13-5-4-8-19(10-13)23(21,22)14-6-3-7-16-9-14/h3,6-7,9,11-13H,4-5,8,10H2,1-2H3. The molecule has 8 heteroatoms. The van der Waals surface area contributed by atoms with Crippen LogP contribution in [0, 0.1) is 0 Å². The highest BCUT2D eigenvalue weighted by Crippen LogP contribution is 2.30. The second-order valence-electron chi connectivity index (χ2n) is 6.08. The number of pyridine rings is 1. The second-order valence-corrected chi connectivity index (χ2v) is 8.02. The summed E-state index contributed by atoms with van der Waals surface area (Å²) in [6.45, 7) is 5.10. The van der Waals surface area contributed by atoms with Crippen LogP contribution in [0.25, 0.3) is 0 Å². The maximum Gasteiger partial charge on any atom is 0.244 e. The molecule has 124 valence electrons. The molecule has 0 spiro atoms. The first-order valence-electron chi connectivity index (χ1n) is 7.79. The summed E-state index contributed by atoms with van der Waals surface area (Å²) in [6.07, 6.45) is 6.42. The fraction of sp³-hybridized carbons (Fsp3) is 0.533. The second kappa shape index (κ2) is 6.37. The van der Waals surface area contributed by atoms with Crippen LogP contribution >= 0.6 is 0 Å². The minimum Gasteiger partial charge on any atom is -0.315 e. The van der Waals surface area contributed by atoms with Crippen LogP contribution in [0.3, 0.4) is 0 Å². The minimum atomic E-state index is -3.51. The average molecular weight is 335 g/mol. The molecule has 1 atom stereocenters. The van der Waals surface area contributed by atoms with E-state index >= 15 is 0 Å². The topological polar surface area (TPSA) is 81.0 Å². The highest BCUT2D eigenvalue weighted by atomic mass is 32.2. The third-order valence-corrected chi connectivity index (χ3v) is 6.03. The lowest BCUT2D eigenvalue weighted by Gasteiger charge is -2.31. The van der Waals surface area contributed by atoms with Gasteiger partial charge in [0.25, 0.3) is 0 Å². The van der Waals surface area contributed by atoms with E-state index in [1.807, 2.05) is 4.57 Å². The molecule has 3 heterocycles. The van der Waals surface area contributed by atoms with E-state index in [9.17, 15) is 8.42 Å². The van der Waals surface area contributed by atoms with E-state index in [0.29, 0.717) is 13.1 Å². The molecule has 0 aliphatic carbocycles. The van der Waals surface area contributed by atoms with E-state index in [2.05, 4.69) is 29.0 Å². The largest absolute Gasteiger partial charge is 0.315 e. The van der Waals surface area contributed by atoms with E-state index in [1.54, 1.807) is 24.7 Å². The van der Waals surface area contributed by atoms with Crippen LogP contribution in [0.1, 0.15) is 44.5 Å². The molecule has 0 aromatic carbocycles. The van der Waals surface area contributed by atoms with E-state index in [0.717, 1.165) is 18.7 Å². The summed E-state index contributed by atoms with van der Waals surface area (Å²) >= 11 is 0. The normalized spacial score (nSPS) is 20.0. The fourth-order valence-electron chi connectivity index (χ4n) is 2.96. The number of piperidine rings is 1. The van der Waals surface area contributed by atoms with E-state index in [-0.39, 0.29) is 16.9 Å². The van der Waals surface area contributed by atoms with Crippen LogP contribution in [-0.2, 0) is 10.0 Å². The number of hydrogen-bond donors (Lipinski definition) is 0. The molecule has 1 saturated heterocycles. The summed E-state index contributed by atoms with van der Waals surface area (Å²) in [5.41, 5.74) is 0. The molecule has 2 aromatic heterocycles. The number of nitrogens with zero attached hydrogens (tertiary/aromatic N) is 5. The van der Waals surface area contributed by atoms with Gasteiger partial charge in [0.05, 0.1) is 0 Å². The van der Waals surface area contributed by atoms with Crippen molar-refractivity contribution >= 4 is 10.0 Å². The van der Waals surface area contributed by atoms with Gasteiger partial charge >= 0.3 is 0 Å². The zero-order chi connectivity index (χ0) is 16.4. The highest BCUT2D eigenvalue weighted by molar-refractivity contribution is 7.89. The van der Waals surface area contributed by atoms with Crippen LogP contribution in [0.4, 0.5) is 0 Å². The van der Waals surface area contributed by atoms with Crippen molar-refractivity contribution in [1.29, 1.82) is 0 Å². The number of aromatic nitrogens is 4. The summed E-state index contributed by atoms with van der Waals surface area (Å²) in [6, 6.07) is 3.48. The summed E-state index contributed by atoms with van der Waals surface area (Å²) in [5.74, 6) is 0.936. The molecule has 2 aromatic rings. The van der Waals surface area contributed by atoms with Gasteiger partial charge in [0.15, 0.2) is 0 Å². The Hall–Kier alpha value is -1.80. The molecule has 1 aliphatic rings. The number of hydrogen-bond acceptors (Lipinski definition) is 5. The molecule has 0 radical (unpaired) electrons. The third kappa shape index (κ3) is 3.13. The average Bonchev–Trinajstić information content (AvgIpc) is 3.06. The molecule has 3 rings (SSSR count). The highest BCUT2D eigenvalue weighted by Gasteiger charge is 2.33. The van der Waals surface area contributed by atoms with Crippen molar-refractivity contribution in [2.45, 2.75) is 43.5 Å². The van der Waals surface area contributed by atoms with E-state index < -0.39 is 10.0 Å². The smallest absolute Gasteiger partial charge is 0.244 e. The van der Waals surface area contributed by atoms with Gasteiger partial charge in [-0.1, -0.05) is 0 Å². The molecule has 1 unspecified atom stereocenters. The first-order chi connectivity index (χ1) is 11.0. The van der Waals surface area contributed by atoms with Crippen LogP contribution in [0.2, 0.25) is 0 Å². The lowest BCUT2D eigenvalue weighted by Crippen LogP contribution is -2.39. The zero-order valence-corrected chi connectivity index (χ0v) is 14.1. The van der Waals surface area contributed by atoms with Crippen molar-refractivity contribution in [3.8, 4) is 0 Å². The van der Waals surface area contributed by atoms with Gasteiger partial charge < -0.3 is 4.57 Å². The number of rotatable bonds is 4. The first-order valence-corrected chi connectivity index (χ1v) is 9.23. The molecule has 0 saturated carbocycles. The van der Waals surface area contributed by atoms with Crippen molar-refractivity contribution in [3.05, 3.63) is 36.7 Å². The summed E-state index contributed by atoms with van der Waals surface area (Å²) in [5, 5.41) is 8.23. The van der Waals surface area contributed by atoms with E-state index in [4.69, 9.17) is 0 Å². The van der Waals surface area contributed by atoms with Crippen molar-refractivity contribution in [2.75, 3.05) is 13.1 Å². The monoisotopic (exact) mass is 335 g/mol. The Morgan fingerprint density at radius 2 is 2.17 bits per heavy atom. The Morgan fingerprint density at radius 1 is 1.35 bits per heavy atom. The third-order valence-electron chi connectivity index (χ3n) is 4.18. The van der Waals surface area contributed by atoms with Crippen LogP contribution < -0.4 is 0 Å². The van der Waals surface area contributed by atoms with Crippen molar-refractivity contribution in [1.82, 2.24) is 24.1 Å². The zero-order valence-electron chi connectivity index (χ0n) is 13.3. The summed E-state index contributed by atoms with van der Waals surface area (Å²) in [4.78, 5) is 4.16. The van der Waals surface area contributed by atoms with E-state index in [1.165, 1.54) is 10.5 Å². The number of sulfonamides is 1. The van der Waals surface area contributed by atoms with Gasteiger partial charge in [-0.15, -0.1) is 10.2 Å². The molecular weight excluding hydrogens is 314 g/mol. The Kier molecular flexibility index (Phi) is 4.45. The van der Waals surface area contributed by atoms with Crippen molar-refractivity contribution in [2.24, 2.45) is 0 Å². The van der Waals surface area contributed by atoms with Crippen molar-refractivity contribution in [3.63, 3.8) is 0 Å². The molecule has 1 fully saturated rings. The summed E-state index contributed by atoms with van der Waals surface area (Å²) < 4.78 is 29.1. The lowest BCUT2D eigenvalue weighted by molar-refractivity contribution is 0.302. The van der Waals surface area contributed by atoms with Gasteiger partial charge in [-0.05, 0) is 38.8 Å². The SMILES string of the molecule is CC(C)n1cnnc1C1CCCN(S(=O)(=O)c2cccnc2)C1. The first kappa shape index (κ1) is 16.1. The molecule has 7 nitrogen and oxygen atoms in total. The van der Waals surface area contributed by atoms with Crippen molar-refractivity contribution < 1.29 is 8.42 Å². The Labute approximate surface area is 136 Å². The van der Waals surface area contributed by atoms with Crippen LogP contribution in [0.15, 0.2) is 35.7 Å². The van der Waals surface area contributed by atoms with Gasteiger partial charge in [-0.25, -0.2) is 8.42 Å². The van der Waals surface area contributed by atoms with Gasteiger partial charge in [0.2, 0.25) is 10.0 Å². The molecule has 0 bridgehead atoms. The van der Waals surface area contributed by atoms with Gasteiger partial charge in [-0.2, -0.15) is 4.31 Å². The molecule has 0 amide bonds.